The van der Waals surface area contributed by atoms with Gasteiger partial charge >= 0.3 is 0 Å². The van der Waals surface area contributed by atoms with Crippen molar-refractivity contribution in [2.75, 3.05) is 6.54 Å². The molecular weight excluding hydrogens is 204 g/mol. The fourth-order valence-electron chi connectivity index (χ4n) is 1.25. The standard InChI is InChI=1S/C10H20N2O2.C2H6/c1-4-5-8(13)10(7(2)3)12-9(14)6-11;1-2/h7,10H,4-6,11H2,1-3H3,(H,12,14);1-2H3. The van der Waals surface area contributed by atoms with Gasteiger partial charge in [-0.25, -0.2) is 0 Å². The first-order valence-corrected chi connectivity index (χ1v) is 6.05. The molecule has 0 fully saturated rings. The summed E-state index contributed by atoms with van der Waals surface area (Å²) in [7, 11) is 0. The second-order valence-corrected chi connectivity index (χ2v) is 3.71. The maximum Gasteiger partial charge on any atom is 0.234 e. The number of nitrogens with two attached hydrogens (primary N) is 1. The van der Waals surface area contributed by atoms with E-state index in [9.17, 15) is 9.59 Å². The zero-order valence-electron chi connectivity index (χ0n) is 11.2. The molecule has 0 aromatic carbocycles. The Labute approximate surface area is 99.0 Å². The number of Topliss-reactive ketones (excluding diaryl/α,β-unsaturated/α-hetero) is 1. The van der Waals surface area contributed by atoms with Gasteiger partial charge in [0.2, 0.25) is 5.91 Å². The lowest BCUT2D eigenvalue weighted by Crippen LogP contribution is -2.46. The Balaban J connectivity index is 0. The van der Waals surface area contributed by atoms with E-state index in [0.29, 0.717) is 6.42 Å². The molecule has 0 spiro atoms. The molecule has 1 unspecified atom stereocenters. The van der Waals surface area contributed by atoms with Crippen molar-refractivity contribution in [3.63, 3.8) is 0 Å². The summed E-state index contributed by atoms with van der Waals surface area (Å²) in [6, 6.07) is -0.383. The summed E-state index contributed by atoms with van der Waals surface area (Å²) >= 11 is 0. The van der Waals surface area contributed by atoms with Crippen LogP contribution in [0.15, 0.2) is 0 Å². The smallest absolute Gasteiger partial charge is 0.234 e. The number of rotatable bonds is 6. The van der Waals surface area contributed by atoms with Gasteiger partial charge in [-0.15, -0.1) is 0 Å². The predicted octanol–water partition coefficient (Wildman–Crippen LogP) is 1.48. The summed E-state index contributed by atoms with van der Waals surface area (Å²) < 4.78 is 0. The lowest BCUT2D eigenvalue weighted by molar-refractivity contribution is -0.128. The van der Waals surface area contributed by atoms with Crippen LogP contribution in [0.1, 0.15) is 47.5 Å². The zero-order valence-corrected chi connectivity index (χ0v) is 11.2. The van der Waals surface area contributed by atoms with Crippen LogP contribution in [0.5, 0.6) is 0 Å². The van der Waals surface area contributed by atoms with Crippen LogP contribution >= 0.6 is 0 Å². The first kappa shape index (κ1) is 17.5. The number of hydrogen-bond donors (Lipinski definition) is 2. The highest BCUT2D eigenvalue weighted by Gasteiger charge is 2.22. The van der Waals surface area contributed by atoms with Crippen molar-refractivity contribution in [2.24, 2.45) is 11.7 Å². The first-order valence-electron chi connectivity index (χ1n) is 6.05. The van der Waals surface area contributed by atoms with E-state index in [1.807, 2.05) is 34.6 Å². The van der Waals surface area contributed by atoms with Gasteiger partial charge in [0, 0.05) is 6.42 Å². The molecule has 3 N–H and O–H groups in total. The van der Waals surface area contributed by atoms with Crippen molar-refractivity contribution in [1.82, 2.24) is 5.32 Å². The number of nitrogens with one attached hydrogen (secondary N) is 1. The Morgan fingerprint density at radius 2 is 1.75 bits per heavy atom. The summed E-state index contributed by atoms with van der Waals surface area (Å²) in [5, 5.41) is 2.64. The van der Waals surface area contributed by atoms with E-state index in [-0.39, 0.29) is 30.2 Å². The van der Waals surface area contributed by atoms with Crippen LogP contribution in [0.25, 0.3) is 0 Å². The van der Waals surface area contributed by atoms with Gasteiger partial charge < -0.3 is 11.1 Å². The molecule has 1 atom stereocenters. The minimum absolute atomic E-state index is 0.0668. The van der Waals surface area contributed by atoms with Gasteiger partial charge in [-0.1, -0.05) is 34.6 Å². The third-order valence-corrected chi connectivity index (χ3v) is 2.01. The maximum absolute atomic E-state index is 11.6. The molecule has 4 heteroatoms. The van der Waals surface area contributed by atoms with E-state index >= 15 is 0 Å². The van der Waals surface area contributed by atoms with Gasteiger partial charge in [-0.2, -0.15) is 0 Å². The number of hydrogen-bond acceptors (Lipinski definition) is 3. The third-order valence-electron chi connectivity index (χ3n) is 2.01. The molecule has 0 aromatic heterocycles. The van der Waals surface area contributed by atoms with Crippen molar-refractivity contribution in [1.29, 1.82) is 0 Å². The molecule has 4 nitrogen and oxygen atoms in total. The van der Waals surface area contributed by atoms with Crippen molar-refractivity contribution in [3.05, 3.63) is 0 Å². The van der Waals surface area contributed by atoms with E-state index < -0.39 is 0 Å². The molecule has 1 amide bonds. The summed E-state index contributed by atoms with van der Waals surface area (Å²) in [6.07, 6.45) is 1.31. The minimum Gasteiger partial charge on any atom is -0.345 e. The molecule has 0 radical (unpaired) electrons. The largest absolute Gasteiger partial charge is 0.345 e. The van der Waals surface area contributed by atoms with Crippen LogP contribution in [0.3, 0.4) is 0 Å². The van der Waals surface area contributed by atoms with Crippen LogP contribution in [0.2, 0.25) is 0 Å². The normalized spacial score (nSPS) is 11.4. The second-order valence-electron chi connectivity index (χ2n) is 3.71. The minimum atomic E-state index is -0.383. The van der Waals surface area contributed by atoms with E-state index in [1.165, 1.54) is 0 Å². The fourth-order valence-corrected chi connectivity index (χ4v) is 1.25. The summed E-state index contributed by atoms with van der Waals surface area (Å²) in [4.78, 5) is 22.6. The van der Waals surface area contributed by atoms with Gasteiger partial charge in [0.05, 0.1) is 12.6 Å². The molecular formula is C12H26N2O2. The summed E-state index contributed by atoms with van der Waals surface area (Å²) in [5.41, 5.74) is 5.17. The Kier molecular flexibility index (Phi) is 11.6. The highest BCUT2D eigenvalue weighted by molar-refractivity contribution is 5.89. The van der Waals surface area contributed by atoms with E-state index in [0.717, 1.165) is 6.42 Å². The lowest BCUT2D eigenvalue weighted by atomic mass is 9.97. The molecule has 0 aliphatic rings. The summed E-state index contributed by atoms with van der Waals surface area (Å²) in [5.74, 6) is -0.0676. The number of ketones is 1. The van der Waals surface area contributed by atoms with Gasteiger partial charge in [-0.05, 0) is 12.3 Å². The molecule has 0 aromatic rings. The van der Waals surface area contributed by atoms with Crippen molar-refractivity contribution >= 4 is 11.7 Å². The molecule has 0 saturated heterocycles. The number of carbonyl (C=O) groups excluding carboxylic acids is 2. The lowest BCUT2D eigenvalue weighted by Gasteiger charge is -2.20. The van der Waals surface area contributed by atoms with E-state index in [2.05, 4.69) is 5.32 Å². The molecule has 0 aliphatic heterocycles. The molecule has 16 heavy (non-hydrogen) atoms. The van der Waals surface area contributed by atoms with Crippen LogP contribution in [-0.4, -0.2) is 24.3 Å². The molecule has 0 bridgehead atoms. The Bertz CT molecular complexity index is 203. The second kappa shape index (κ2) is 10.6. The summed E-state index contributed by atoms with van der Waals surface area (Å²) in [6.45, 7) is 9.70. The van der Waals surface area contributed by atoms with Gasteiger partial charge in [0.25, 0.3) is 0 Å². The number of amides is 1. The molecule has 0 heterocycles. The van der Waals surface area contributed by atoms with E-state index in [4.69, 9.17) is 5.73 Å². The van der Waals surface area contributed by atoms with Crippen molar-refractivity contribution < 1.29 is 9.59 Å². The first-order chi connectivity index (χ1) is 7.52. The van der Waals surface area contributed by atoms with Gasteiger partial charge in [0.15, 0.2) is 5.78 Å². The predicted molar refractivity (Wildman–Crippen MR) is 67.1 cm³/mol. The Hall–Kier alpha value is -0.900. The van der Waals surface area contributed by atoms with Crippen LogP contribution in [-0.2, 0) is 9.59 Å². The molecule has 96 valence electrons. The van der Waals surface area contributed by atoms with Crippen LogP contribution < -0.4 is 11.1 Å². The van der Waals surface area contributed by atoms with Crippen LogP contribution in [0, 0.1) is 5.92 Å². The zero-order chi connectivity index (χ0) is 13.1. The van der Waals surface area contributed by atoms with Gasteiger partial charge in [-0.3, -0.25) is 9.59 Å². The average Bonchev–Trinajstić information content (AvgIpc) is 2.28. The topological polar surface area (TPSA) is 72.2 Å². The number of carbonyl (C=O) groups is 2. The SMILES string of the molecule is CC.CCCC(=O)C(NC(=O)CN)C(C)C. The quantitative estimate of drug-likeness (QED) is 0.726. The fraction of sp³-hybridized carbons (Fsp3) is 0.833. The Morgan fingerprint density at radius 3 is 2.06 bits per heavy atom. The van der Waals surface area contributed by atoms with Gasteiger partial charge in [0.1, 0.15) is 0 Å². The highest BCUT2D eigenvalue weighted by atomic mass is 16.2. The average molecular weight is 230 g/mol. The Morgan fingerprint density at radius 1 is 1.25 bits per heavy atom. The molecule has 0 saturated carbocycles. The third kappa shape index (κ3) is 7.40. The van der Waals surface area contributed by atoms with E-state index in [1.54, 1.807) is 0 Å². The molecule has 0 aliphatic carbocycles. The van der Waals surface area contributed by atoms with Crippen molar-refractivity contribution in [3.8, 4) is 0 Å². The monoisotopic (exact) mass is 230 g/mol. The van der Waals surface area contributed by atoms with Crippen molar-refractivity contribution in [2.45, 2.75) is 53.5 Å². The van der Waals surface area contributed by atoms with Crippen LogP contribution in [0.4, 0.5) is 0 Å². The maximum atomic E-state index is 11.6. The molecule has 0 rings (SSSR count). The highest BCUT2D eigenvalue weighted by Crippen LogP contribution is 2.06.